The number of hydrogen-bond acceptors (Lipinski definition) is 5. The fraction of sp³-hybridized carbons (Fsp3) is 0.200. The lowest BCUT2D eigenvalue weighted by atomic mass is 10.2. The standard InChI is InChI=1S/C15H13F2N5O2/c1-9-14(15(23)24-12-6-18-21(2)8-12)19-20-22(9)7-10-3-4-11(16)5-13(10)17/h3-6,8H,7H2,1-2H3. The van der Waals surface area contributed by atoms with Crippen LogP contribution in [0.4, 0.5) is 8.78 Å². The van der Waals surface area contributed by atoms with Crippen LogP contribution in [-0.4, -0.2) is 30.7 Å². The maximum Gasteiger partial charge on any atom is 0.366 e. The lowest BCUT2D eigenvalue weighted by Gasteiger charge is -2.05. The van der Waals surface area contributed by atoms with Gasteiger partial charge >= 0.3 is 5.97 Å². The van der Waals surface area contributed by atoms with E-state index in [4.69, 9.17) is 4.74 Å². The highest BCUT2D eigenvalue weighted by Crippen LogP contribution is 2.15. The monoisotopic (exact) mass is 333 g/mol. The van der Waals surface area contributed by atoms with Crippen LogP contribution in [0.15, 0.2) is 30.6 Å². The molecule has 2 aromatic heterocycles. The van der Waals surface area contributed by atoms with E-state index in [2.05, 4.69) is 15.4 Å². The van der Waals surface area contributed by atoms with Gasteiger partial charge in [-0.05, 0) is 13.0 Å². The summed E-state index contributed by atoms with van der Waals surface area (Å²) in [6.07, 6.45) is 2.93. The molecule has 3 aromatic rings. The molecule has 9 heteroatoms. The molecule has 0 N–H and O–H groups in total. The van der Waals surface area contributed by atoms with Crippen LogP contribution in [-0.2, 0) is 13.6 Å². The van der Waals surface area contributed by atoms with Crippen molar-refractivity contribution < 1.29 is 18.3 Å². The SMILES string of the molecule is Cc1c(C(=O)Oc2cnn(C)c2)nnn1Cc1ccc(F)cc1F. The van der Waals surface area contributed by atoms with E-state index in [0.717, 1.165) is 12.1 Å². The van der Waals surface area contributed by atoms with Crippen LogP contribution in [0.25, 0.3) is 0 Å². The van der Waals surface area contributed by atoms with Crippen molar-refractivity contribution in [1.29, 1.82) is 0 Å². The topological polar surface area (TPSA) is 74.8 Å². The second-order valence-electron chi connectivity index (χ2n) is 5.16. The Morgan fingerprint density at radius 2 is 2.12 bits per heavy atom. The molecule has 0 atom stereocenters. The minimum atomic E-state index is -0.690. The minimum absolute atomic E-state index is 0.0152. The Morgan fingerprint density at radius 1 is 1.33 bits per heavy atom. The number of rotatable bonds is 4. The van der Waals surface area contributed by atoms with Crippen LogP contribution >= 0.6 is 0 Å². The van der Waals surface area contributed by atoms with Gasteiger partial charge in [-0.15, -0.1) is 5.10 Å². The first-order chi connectivity index (χ1) is 11.4. The average molecular weight is 333 g/mol. The Kier molecular flexibility index (Phi) is 4.07. The van der Waals surface area contributed by atoms with Crippen molar-refractivity contribution in [3.05, 3.63) is 59.2 Å². The third-order valence-electron chi connectivity index (χ3n) is 3.40. The number of nitrogens with zero attached hydrogens (tertiary/aromatic N) is 5. The Bertz CT molecular complexity index is 903. The first-order valence-corrected chi connectivity index (χ1v) is 6.99. The quantitative estimate of drug-likeness (QED) is 0.681. The van der Waals surface area contributed by atoms with E-state index < -0.39 is 17.6 Å². The van der Waals surface area contributed by atoms with Crippen LogP contribution in [0.2, 0.25) is 0 Å². The van der Waals surface area contributed by atoms with Crippen molar-refractivity contribution in [3.63, 3.8) is 0 Å². The van der Waals surface area contributed by atoms with Crippen LogP contribution in [0.5, 0.6) is 5.75 Å². The zero-order valence-corrected chi connectivity index (χ0v) is 12.9. The molecule has 1 aromatic carbocycles. The smallest absolute Gasteiger partial charge is 0.366 e. The molecule has 0 aliphatic heterocycles. The van der Waals surface area contributed by atoms with Gasteiger partial charge < -0.3 is 4.74 Å². The molecule has 0 radical (unpaired) electrons. The van der Waals surface area contributed by atoms with Crippen molar-refractivity contribution in [1.82, 2.24) is 24.8 Å². The van der Waals surface area contributed by atoms with Gasteiger partial charge in [-0.2, -0.15) is 5.10 Å². The van der Waals surface area contributed by atoms with Gasteiger partial charge in [0.25, 0.3) is 0 Å². The number of ether oxygens (including phenoxy) is 1. The molecule has 0 saturated heterocycles. The maximum atomic E-state index is 13.7. The number of esters is 1. The lowest BCUT2D eigenvalue weighted by Crippen LogP contribution is -2.11. The molecule has 0 fully saturated rings. The van der Waals surface area contributed by atoms with Gasteiger partial charge in [0.1, 0.15) is 11.6 Å². The number of halogens is 2. The lowest BCUT2D eigenvalue weighted by molar-refractivity contribution is 0.0727. The molecule has 0 amide bonds. The molecule has 0 spiro atoms. The number of carbonyl (C=O) groups excluding carboxylic acids is 1. The Balaban J connectivity index is 1.79. The third kappa shape index (κ3) is 3.14. The highest BCUT2D eigenvalue weighted by molar-refractivity contribution is 5.89. The maximum absolute atomic E-state index is 13.7. The highest BCUT2D eigenvalue weighted by Gasteiger charge is 2.20. The summed E-state index contributed by atoms with van der Waals surface area (Å²) in [5.74, 6) is -1.76. The molecule has 124 valence electrons. The summed E-state index contributed by atoms with van der Waals surface area (Å²) in [6.45, 7) is 1.63. The predicted molar refractivity (Wildman–Crippen MR) is 78.4 cm³/mol. The van der Waals surface area contributed by atoms with Gasteiger partial charge in [-0.25, -0.2) is 18.3 Å². The molecular weight excluding hydrogens is 320 g/mol. The Labute approximate surface area is 135 Å². The Hall–Kier alpha value is -3.10. The van der Waals surface area contributed by atoms with Gasteiger partial charge in [-0.1, -0.05) is 11.3 Å². The van der Waals surface area contributed by atoms with Crippen molar-refractivity contribution in [2.75, 3.05) is 0 Å². The van der Waals surface area contributed by atoms with E-state index in [1.807, 2.05) is 0 Å². The molecule has 24 heavy (non-hydrogen) atoms. The Morgan fingerprint density at radius 3 is 2.79 bits per heavy atom. The molecule has 2 heterocycles. The van der Waals surface area contributed by atoms with Gasteiger partial charge in [0.05, 0.1) is 24.6 Å². The molecule has 0 aliphatic rings. The van der Waals surface area contributed by atoms with Crippen LogP contribution in [0, 0.1) is 18.6 Å². The van der Waals surface area contributed by atoms with E-state index in [9.17, 15) is 13.6 Å². The summed E-state index contributed by atoms with van der Waals surface area (Å²) in [6, 6.07) is 3.26. The second kappa shape index (κ2) is 6.19. The zero-order valence-electron chi connectivity index (χ0n) is 12.9. The van der Waals surface area contributed by atoms with Gasteiger partial charge in [0, 0.05) is 18.7 Å². The summed E-state index contributed by atoms with van der Waals surface area (Å²) in [7, 11) is 1.69. The van der Waals surface area contributed by atoms with Crippen molar-refractivity contribution in [3.8, 4) is 5.75 Å². The van der Waals surface area contributed by atoms with Crippen molar-refractivity contribution >= 4 is 5.97 Å². The summed E-state index contributed by atoms with van der Waals surface area (Å²) < 4.78 is 34.6. The van der Waals surface area contributed by atoms with Crippen LogP contribution < -0.4 is 4.74 Å². The van der Waals surface area contributed by atoms with E-state index in [-0.39, 0.29) is 23.6 Å². The molecule has 7 nitrogen and oxygen atoms in total. The molecule has 0 saturated carbocycles. The van der Waals surface area contributed by atoms with Crippen molar-refractivity contribution in [2.24, 2.45) is 7.05 Å². The number of aryl methyl sites for hydroxylation is 1. The van der Waals surface area contributed by atoms with E-state index in [1.54, 1.807) is 14.0 Å². The molecule has 0 bridgehead atoms. The fourth-order valence-corrected chi connectivity index (χ4v) is 2.12. The zero-order chi connectivity index (χ0) is 17.3. The fourth-order valence-electron chi connectivity index (χ4n) is 2.12. The first-order valence-electron chi connectivity index (χ1n) is 6.99. The summed E-state index contributed by atoms with van der Waals surface area (Å²) in [4.78, 5) is 12.1. The van der Waals surface area contributed by atoms with Gasteiger partial charge in [0.2, 0.25) is 0 Å². The normalized spacial score (nSPS) is 10.8. The third-order valence-corrected chi connectivity index (χ3v) is 3.40. The second-order valence-corrected chi connectivity index (χ2v) is 5.16. The number of benzene rings is 1. The number of carbonyl (C=O) groups is 1. The summed E-state index contributed by atoms with van der Waals surface area (Å²) in [5.41, 5.74) is 0.658. The molecular formula is C15H13F2N5O2. The van der Waals surface area contributed by atoms with Crippen molar-refractivity contribution in [2.45, 2.75) is 13.5 Å². The molecule has 0 unspecified atom stereocenters. The van der Waals surface area contributed by atoms with E-state index in [1.165, 1.54) is 27.8 Å². The first kappa shape index (κ1) is 15.8. The number of aromatic nitrogens is 5. The van der Waals surface area contributed by atoms with Crippen LogP contribution in [0.3, 0.4) is 0 Å². The predicted octanol–water partition coefficient (Wildman–Crippen LogP) is 1.87. The number of hydrogen-bond donors (Lipinski definition) is 0. The average Bonchev–Trinajstić information content (AvgIpc) is 3.08. The molecule has 3 rings (SSSR count). The highest BCUT2D eigenvalue weighted by atomic mass is 19.1. The largest absolute Gasteiger partial charge is 0.418 e. The van der Waals surface area contributed by atoms with Gasteiger partial charge in [-0.3, -0.25) is 4.68 Å². The minimum Gasteiger partial charge on any atom is -0.418 e. The summed E-state index contributed by atoms with van der Waals surface area (Å²) in [5, 5.41) is 11.5. The van der Waals surface area contributed by atoms with Gasteiger partial charge in [0.15, 0.2) is 11.4 Å². The molecule has 0 aliphatic carbocycles. The van der Waals surface area contributed by atoms with E-state index >= 15 is 0 Å². The summed E-state index contributed by atoms with van der Waals surface area (Å²) >= 11 is 0. The van der Waals surface area contributed by atoms with Crippen LogP contribution in [0.1, 0.15) is 21.7 Å². The van der Waals surface area contributed by atoms with E-state index in [0.29, 0.717) is 5.69 Å².